The van der Waals surface area contributed by atoms with Crippen molar-refractivity contribution in [2.24, 2.45) is 0 Å². The number of aromatic nitrogens is 4. The molecule has 34 heavy (non-hydrogen) atoms. The van der Waals surface area contributed by atoms with Crippen LogP contribution in [0.5, 0.6) is 0 Å². The highest BCUT2D eigenvalue weighted by molar-refractivity contribution is 6.30. The van der Waals surface area contributed by atoms with Gasteiger partial charge in [-0.2, -0.15) is 4.98 Å². The molecule has 8 heteroatoms. The molecule has 0 bridgehead atoms. The number of carbonyl (C=O) groups is 1. The van der Waals surface area contributed by atoms with E-state index in [0.717, 1.165) is 22.3 Å². The molecule has 5 rings (SSSR count). The number of nitrogens with zero attached hydrogens (tertiary/aromatic N) is 4. The van der Waals surface area contributed by atoms with E-state index in [1.54, 1.807) is 16.7 Å². The first-order valence-corrected chi connectivity index (χ1v) is 11.2. The number of para-hydroxylation sites is 1. The summed E-state index contributed by atoms with van der Waals surface area (Å²) in [5.41, 5.74) is 5.67. The Kier molecular flexibility index (Phi) is 5.42. The summed E-state index contributed by atoms with van der Waals surface area (Å²) in [5, 5.41) is 7.93. The van der Waals surface area contributed by atoms with E-state index in [9.17, 15) is 9.59 Å². The van der Waals surface area contributed by atoms with Crippen molar-refractivity contribution in [3.63, 3.8) is 0 Å². The van der Waals surface area contributed by atoms with Gasteiger partial charge in [-0.25, -0.2) is 4.52 Å². The lowest BCUT2D eigenvalue weighted by atomic mass is 10.1. The van der Waals surface area contributed by atoms with Crippen molar-refractivity contribution in [1.82, 2.24) is 19.2 Å². The summed E-state index contributed by atoms with van der Waals surface area (Å²) >= 11 is 6.02. The first-order valence-electron chi connectivity index (χ1n) is 10.8. The van der Waals surface area contributed by atoms with Crippen LogP contribution in [0.4, 0.5) is 5.69 Å². The zero-order valence-electron chi connectivity index (χ0n) is 19.0. The molecule has 0 saturated heterocycles. The number of benzene rings is 3. The van der Waals surface area contributed by atoms with Crippen LogP contribution in [0.1, 0.15) is 32.9 Å². The van der Waals surface area contributed by atoms with Crippen molar-refractivity contribution in [3.8, 4) is 0 Å². The quantitative estimate of drug-likeness (QED) is 0.403. The predicted molar refractivity (Wildman–Crippen MR) is 134 cm³/mol. The van der Waals surface area contributed by atoms with Gasteiger partial charge in [0.25, 0.3) is 11.5 Å². The Morgan fingerprint density at radius 3 is 2.38 bits per heavy atom. The molecule has 3 aromatic carbocycles. The van der Waals surface area contributed by atoms with E-state index >= 15 is 0 Å². The van der Waals surface area contributed by atoms with Gasteiger partial charge in [0.15, 0.2) is 0 Å². The molecule has 0 aliphatic carbocycles. The number of carbonyl (C=O) groups excluding carboxylic acids is 1. The molecule has 0 spiro atoms. The fraction of sp³-hybridized carbons (Fsp3) is 0.154. The van der Waals surface area contributed by atoms with Gasteiger partial charge in [0.1, 0.15) is 0 Å². The highest BCUT2D eigenvalue weighted by Gasteiger charge is 2.20. The molecule has 0 fully saturated rings. The lowest BCUT2D eigenvalue weighted by molar-refractivity contribution is 0.101. The highest BCUT2D eigenvalue weighted by atomic mass is 35.5. The molecule has 0 atom stereocenters. The Bertz CT molecular complexity index is 1610. The average molecular weight is 472 g/mol. The topological polar surface area (TPSA) is 81.3 Å². The maximum absolute atomic E-state index is 13.5. The van der Waals surface area contributed by atoms with Crippen LogP contribution in [0.15, 0.2) is 65.5 Å². The van der Waals surface area contributed by atoms with Gasteiger partial charge in [-0.1, -0.05) is 48.0 Å². The van der Waals surface area contributed by atoms with Crippen molar-refractivity contribution in [1.29, 1.82) is 0 Å². The smallest absolute Gasteiger partial charge is 0.296 e. The molecule has 0 aliphatic rings. The number of hydrogen-bond donors (Lipinski definition) is 1. The zero-order chi connectivity index (χ0) is 24.0. The highest BCUT2D eigenvalue weighted by Crippen LogP contribution is 2.21. The van der Waals surface area contributed by atoms with Crippen LogP contribution in [0, 0.1) is 20.8 Å². The van der Waals surface area contributed by atoms with Gasteiger partial charge in [0.05, 0.1) is 17.6 Å². The molecule has 170 valence electrons. The summed E-state index contributed by atoms with van der Waals surface area (Å²) in [6.45, 7) is 6.14. The van der Waals surface area contributed by atoms with E-state index in [4.69, 9.17) is 11.6 Å². The molecular weight excluding hydrogens is 450 g/mol. The molecule has 2 heterocycles. The van der Waals surface area contributed by atoms with Gasteiger partial charge < -0.3 is 5.32 Å². The van der Waals surface area contributed by atoms with Gasteiger partial charge in [0, 0.05) is 10.7 Å². The number of nitrogens with one attached hydrogen (secondary N) is 1. The summed E-state index contributed by atoms with van der Waals surface area (Å²) in [7, 11) is 0. The maximum atomic E-state index is 13.5. The molecule has 7 nitrogen and oxygen atoms in total. The number of aryl methyl sites for hydroxylation is 3. The standard InChI is InChI=1S/C26H22ClN5O2/c1-15-7-12-20-21(13-15)31(14-18-8-10-19(27)11-9-18)26(34)24-29-23(30-32(20)24)25(33)28-22-16(2)5-4-6-17(22)3/h4-13H,14H2,1-3H3,(H,28,33). The third-order valence-corrected chi connectivity index (χ3v) is 6.12. The third-order valence-electron chi connectivity index (χ3n) is 5.87. The molecule has 0 unspecified atom stereocenters. The number of hydrogen-bond acceptors (Lipinski definition) is 4. The molecule has 5 aromatic rings. The van der Waals surface area contributed by atoms with E-state index in [-0.39, 0.29) is 17.0 Å². The summed E-state index contributed by atoms with van der Waals surface area (Å²) < 4.78 is 3.11. The fourth-order valence-electron chi connectivity index (χ4n) is 4.08. The van der Waals surface area contributed by atoms with Crippen LogP contribution in [0.2, 0.25) is 5.02 Å². The Morgan fingerprint density at radius 1 is 0.971 bits per heavy atom. The monoisotopic (exact) mass is 471 g/mol. The number of rotatable bonds is 4. The number of halogens is 1. The van der Waals surface area contributed by atoms with Gasteiger partial charge in [-0.3, -0.25) is 14.2 Å². The van der Waals surface area contributed by atoms with Crippen LogP contribution in [0.25, 0.3) is 16.7 Å². The Hall–Kier alpha value is -3.97. The van der Waals surface area contributed by atoms with Crippen molar-refractivity contribution in [3.05, 3.63) is 104 Å². The molecule has 0 saturated carbocycles. The second-order valence-electron chi connectivity index (χ2n) is 8.40. The lowest BCUT2D eigenvalue weighted by Crippen LogP contribution is -2.24. The van der Waals surface area contributed by atoms with Crippen LogP contribution >= 0.6 is 11.6 Å². The molecule has 1 amide bonds. The van der Waals surface area contributed by atoms with Gasteiger partial charge in [0.2, 0.25) is 11.5 Å². The Morgan fingerprint density at radius 2 is 1.68 bits per heavy atom. The molecule has 0 aliphatic heterocycles. The minimum absolute atomic E-state index is 0.0640. The van der Waals surface area contributed by atoms with Gasteiger partial charge in [-0.05, 0) is 67.3 Å². The van der Waals surface area contributed by atoms with Crippen molar-refractivity contribution >= 4 is 39.9 Å². The second kappa shape index (κ2) is 8.43. The van der Waals surface area contributed by atoms with Gasteiger partial charge in [-0.15, -0.1) is 5.10 Å². The minimum atomic E-state index is -0.468. The van der Waals surface area contributed by atoms with Crippen LogP contribution < -0.4 is 10.9 Å². The third kappa shape index (κ3) is 3.84. The second-order valence-corrected chi connectivity index (χ2v) is 8.84. The van der Waals surface area contributed by atoms with Crippen molar-refractivity contribution in [2.75, 3.05) is 5.32 Å². The lowest BCUT2D eigenvalue weighted by Gasteiger charge is -2.12. The minimum Gasteiger partial charge on any atom is -0.319 e. The van der Waals surface area contributed by atoms with E-state index < -0.39 is 5.91 Å². The summed E-state index contributed by atoms with van der Waals surface area (Å²) in [6, 6.07) is 18.9. The predicted octanol–water partition coefficient (Wildman–Crippen LogP) is 4.92. The normalized spacial score (nSPS) is 11.3. The molecule has 0 radical (unpaired) electrons. The van der Waals surface area contributed by atoms with E-state index in [1.807, 2.05) is 69.3 Å². The van der Waals surface area contributed by atoms with E-state index in [1.165, 1.54) is 4.52 Å². The average Bonchev–Trinajstić information content (AvgIpc) is 3.26. The summed E-state index contributed by atoms with van der Waals surface area (Å²) in [5.74, 6) is -0.532. The van der Waals surface area contributed by atoms with Crippen molar-refractivity contribution < 1.29 is 4.79 Å². The zero-order valence-corrected chi connectivity index (χ0v) is 19.7. The molecular formula is C26H22ClN5O2. The number of anilines is 1. The van der Waals surface area contributed by atoms with Gasteiger partial charge >= 0.3 is 0 Å². The van der Waals surface area contributed by atoms with E-state index in [2.05, 4.69) is 15.4 Å². The number of fused-ring (bicyclic) bond motifs is 3. The van der Waals surface area contributed by atoms with Crippen LogP contribution in [0.3, 0.4) is 0 Å². The molecule has 2 aromatic heterocycles. The Labute approximate surface area is 200 Å². The first kappa shape index (κ1) is 21.9. The fourth-order valence-corrected chi connectivity index (χ4v) is 4.21. The first-order chi connectivity index (χ1) is 16.3. The Balaban J connectivity index is 1.65. The van der Waals surface area contributed by atoms with Crippen molar-refractivity contribution in [2.45, 2.75) is 27.3 Å². The molecule has 1 N–H and O–H groups in total. The van der Waals surface area contributed by atoms with E-state index in [0.29, 0.717) is 28.3 Å². The SMILES string of the molecule is Cc1ccc2c(c1)n(Cc1ccc(Cl)cc1)c(=O)c1nc(C(=O)Nc3c(C)cccc3C)nn12. The van der Waals surface area contributed by atoms with Crippen LogP contribution in [-0.4, -0.2) is 25.1 Å². The largest absolute Gasteiger partial charge is 0.319 e. The summed E-state index contributed by atoms with van der Waals surface area (Å²) in [4.78, 5) is 30.9. The van der Waals surface area contributed by atoms with Crippen LogP contribution in [-0.2, 0) is 6.54 Å². The number of amides is 1. The maximum Gasteiger partial charge on any atom is 0.296 e. The summed E-state index contributed by atoms with van der Waals surface area (Å²) in [6.07, 6.45) is 0.